The standard InChI is InChI=1S/C14H18FNO3/c1-19-13-6-2-9(15)8-11(13)12(17)5-7-14(18)16-10-3-4-10/h2,6,8,10,12,17H,3-5,7H2,1H3,(H,16,18). The van der Waals surface area contributed by atoms with Crippen LogP contribution in [-0.2, 0) is 4.79 Å². The van der Waals surface area contributed by atoms with Gasteiger partial charge in [-0.2, -0.15) is 0 Å². The minimum Gasteiger partial charge on any atom is -0.496 e. The summed E-state index contributed by atoms with van der Waals surface area (Å²) in [7, 11) is 1.46. The molecule has 19 heavy (non-hydrogen) atoms. The van der Waals surface area contributed by atoms with Crippen molar-refractivity contribution in [2.75, 3.05) is 7.11 Å². The number of amides is 1. The van der Waals surface area contributed by atoms with Crippen LogP contribution < -0.4 is 10.1 Å². The van der Waals surface area contributed by atoms with E-state index in [0.29, 0.717) is 17.4 Å². The van der Waals surface area contributed by atoms with Crippen molar-refractivity contribution in [1.82, 2.24) is 5.32 Å². The van der Waals surface area contributed by atoms with Gasteiger partial charge in [0, 0.05) is 18.0 Å². The summed E-state index contributed by atoms with van der Waals surface area (Å²) in [6.45, 7) is 0. The van der Waals surface area contributed by atoms with Gasteiger partial charge >= 0.3 is 0 Å². The van der Waals surface area contributed by atoms with E-state index in [1.165, 1.54) is 25.3 Å². The lowest BCUT2D eigenvalue weighted by atomic mass is 10.0. The van der Waals surface area contributed by atoms with E-state index in [0.717, 1.165) is 12.8 Å². The summed E-state index contributed by atoms with van der Waals surface area (Å²) in [6, 6.07) is 4.29. The minimum absolute atomic E-state index is 0.0723. The fraction of sp³-hybridized carbons (Fsp3) is 0.500. The van der Waals surface area contributed by atoms with Crippen LogP contribution in [0.5, 0.6) is 5.75 Å². The number of carbonyl (C=O) groups is 1. The van der Waals surface area contributed by atoms with Crippen LogP contribution in [0.1, 0.15) is 37.4 Å². The molecule has 0 radical (unpaired) electrons. The number of ether oxygens (including phenoxy) is 1. The molecule has 1 aliphatic rings. The fourth-order valence-corrected chi connectivity index (χ4v) is 1.92. The van der Waals surface area contributed by atoms with Crippen molar-refractivity contribution in [3.05, 3.63) is 29.6 Å². The third-order valence-electron chi connectivity index (χ3n) is 3.14. The normalized spacial score (nSPS) is 15.9. The molecule has 1 aromatic carbocycles. The van der Waals surface area contributed by atoms with Crippen LogP contribution in [0.3, 0.4) is 0 Å². The minimum atomic E-state index is -0.907. The highest BCUT2D eigenvalue weighted by molar-refractivity contribution is 5.76. The monoisotopic (exact) mass is 267 g/mol. The lowest BCUT2D eigenvalue weighted by Crippen LogP contribution is -2.25. The van der Waals surface area contributed by atoms with Crippen LogP contribution in [-0.4, -0.2) is 24.2 Å². The number of aliphatic hydroxyl groups excluding tert-OH is 1. The Labute approximate surface area is 111 Å². The van der Waals surface area contributed by atoms with E-state index in [9.17, 15) is 14.3 Å². The van der Waals surface area contributed by atoms with E-state index in [-0.39, 0.29) is 18.7 Å². The number of hydrogen-bond acceptors (Lipinski definition) is 3. The van der Waals surface area contributed by atoms with Crippen LogP contribution >= 0.6 is 0 Å². The van der Waals surface area contributed by atoms with Crippen molar-refractivity contribution in [2.45, 2.75) is 37.8 Å². The van der Waals surface area contributed by atoms with Crippen molar-refractivity contribution in [3.8, 4) is 5.75 Å². The maximum absolute atomic E-state index is 13.2. The van der Waals surface area contributed by atoms with Crippen molar-refractivity contribution in [2.24, 2.45) is 0 Å². The Balaban J connectivity index is 1.92. The zero-order valence-electron chi connectivity index (χ0n) is 10.9. The number of benzene rings is 1. The van der Waals surface area contributed by atoms with E-state index >= 15 is 0 Å². The topological polar surface area (TPSA) is 58.6 Å². The largest absolute Gasteiger partial charge is 0.496 e. The molecule has 1 atom stereocenters. The van der Waals surface area contributed by atoms with Gasteiger partial charge in [-0.05, 0) is 37.5 Å². The predicted molar refractivity (Wildman–Crippen MR) is 68.3 cm³/mol. The maximum Gasteiger partial charge on any atom is 0.220 e. The molecule has 2 N–H and O–H groups in total. The zero-order chi connectivity index (χ0) is 13.8. The van der Waals surface area contributed by atoms with E-state index in [2.05, 4.69) is 5.32 Å². The second-order valence-electron chi connectivity index (χ2n) is 4.78. The highest BCUT2D eigenvalue weighted by atomic mass is 19.1. The Morgan fingerprint density at radius 3 is 2.95 bits per heavy atom. The Kier molecular flexibility index (Phi) is 4.37. The summed E-state index contributed by atoms with van der Waals surface area (Å²) in [5.74, 6) is -0.0781. The maximum atomic E-state index is 13.2. The van der Waals surface area contributed by atoms with Crippen LogP contribution in [0.4, 0.5) is 4.39 Å². The van der Waals surface area contributed by atoms with E-state index < -0.39 is 11.9 Å². The third-order valence-corrected chi connectivity index (χ3v) is 3.14. The van der Waals surface area contributed by atoms with Gasteiger partial charge in [0.25, 0.3) is 0 Å². The highest BCUT2D eigenvalue weighted by Gasteiger charge is 2.23. The number of nitrogens with one attached hydrogen (secondary N) is 1. The predicted octanol–water partition coefficient (Wildman–Crippen LogP) is 1.93. The molecule has 1 amide bonds. The first-order chi connectivity index (χ1) is 9.10. The second-order valence-corrected chi connectivity index (χ2v) is 4.78. The first kappa shape index (κ1) is 13.8. The first-order valence-electron chi connectivity index (χ1n) is 6.41. The Hall–Kier alpha value is -1.62. The Morgan fingerprint density at radius 1 is 1.58 bits per heavy atom. The van der Waals surface area contributed by atoms with Crippen molar-refractivity contribution < 1.29 is 19.0 Å². The molecule has 0 spiro atoms. The number of rotatable bonds is 6. The molecule has 4 nitrogen and oxygen atoms in total. The summed E-state index contributed by atoms with van der Waals surface area (Å²) < 4.78 is 18.3. The molecular weight excluding hydrogens is 249 g/mol. The number of halogens is 1. The summed E-state index contributed by atoms with van der Waals surface area (Å²) in [6.07, 6.45) is 1.63. The molecule has 0 saturated heterocycles. The summed E-state index contributed by atoms with van der Waals surface area (Å²) in [4.78, 5) is 11.5. The molecule has 2 rings (SSSR count). The molecule has 0 heterocycles. The lowest BCUT2D eigenvalue weighted by molar-refractivity contribution is -0.121. The van der Waals surface area contributed by atoms with Gasteiger partial charge in [-0.3, -0.25) is 4.79 Å². The Bertz CT molecular complexity index is 460. The van der Waals surface area contributed by atoms with Gasteiger partial charge in [-0.25, -0.2) is 4.39 Å². The lowest BCUT2D eigenvalue weighted by Gasteiger charge is -2.14. The molecule has 1 saturated carbocycles. The zero-order valence-corrected chi connectivity index (χ0v) is 10.9. The second kappa shape index (κ2) is 6.02. The van der Waals surface area contributed by atoms with E-state index in [1.54, 1.807) is 0 Å². The van der Waals surface area contributed by atoms with Gasteiger partial charge in [0.15, 0.2) is 0 Å². The average molecular weight is 267 g/mol. The Morgan fingerprint density at radius 2 is 2.32 bits per heavy atom. The number of carbonyl (C=O) groups excluding carboxylic acids is 1. The number of methoxy groups -OCH3 is 1. The van der Waals surface area contributed by atoms with Gasteiger partial charge in [0.05, 0.1) is 13.2 Å². The van der Waals surface area contributed by atoms with Crippen LogP contribution in [0.25, 0.3) is 0 Å². The third kappa shape index (κ3) is 3.92. The molecule has 1 aromatic rings. The average Bonchev–Trinajstić information content (AvgIpc) is 3.19. The number of aliphatic hydroxyl groups is 1. The molecular formula is C14H18FNO3. The smallest absolute Gasteiger partial charge is 0.220 e. The van der Waals surface area contributed by atoms with Crippen molar-refractivity contribution >= 4 is 5.91 Å². The fourth-order valence-electron chi connectivity index (χ4n) is 1.92. The first-order valence-corrected chi connectivity index (χ1v) is 6.41. The summed E-state index contributed by atoms with van der Waals surface area (Å²) in [5, 5.41) is 12.9. The molecule has 0 aliphatic heterocycles. The molecule has 1 aliphatic carbocycles. The van der Waals surface area contributed by atoms with Gasteiger partial charge < -0.3 is 15.2 Å². The van der Waals surface area contributed by atoms with Crippen LogP contribution in [0.15, 0.2) is 18.2 Å². The quantitative estimate of drug-likeness (QED) is 0.828. The van der Waals surface area contributed by atoms with Gasteiger partial charge in [0.2, 0.25) is 5.91 Å². The molecule has 0 aromatic heterocycles. The number of hydrogen-bond donors (Lipinski definition) is 2. The van der Waals surface area contributed by atoms with E-state index in [1.807, 2.05) is 0 Å². The van der Waals surface area contributed by atoms with Crippen molar-refractivity contribution in [1.29, 1.82) is 0 Å². The van der Waals surface area contributed by atoms with Gasteiger partial charge in [-0.15, -0.1) is 0 Å². The molecule has 5 heteroatoms. The van der Waals surface area contributed by atoms with Gasteiger partial charge in [-0.1, -0.05) is 0 Å². The molecule has 1 unspecified atom stereocenters. The van der Waals surface area contributed by atoms with Crippen LogP contribution in [0.2, 0.25) is 0 Å². The van der Waals surface area contributed by atoms with E-state index in [4.69, 9.17) is 4.74 Å². The van der Waals surface area contributed by atoms with Gasteiger partial charge in [0.1, 0.15) is 11.6 Å². The van der Waals surface area contributed by atoms with Crippen molar-refractivity contribution in [3.63, 3.8) is 0 Å². The molecule has 1 fully saturated rings. The molecule has 104 valence electrons. The summed E-state index contributed by atoms with van der Waals surface area (Å²) >= 11 is 0. The summed E-state index contributed by atoms with van der Waals surface area (Å²) in [5.41, 5.74) is 0.377. The highest BCUT2D eigenvalue weighted by Crippen LogP contribution is 2.29. The van der Waals surface area contributed by atoms with Crippen LogP contribution in [0, 0.1) is 5.82 Å². The molecule has 0 bridgehead atoms. The SMILES string of the molecule is COc1ccc(F)cc1C(O)CCC(=O)NC1CC1.